The number of halogens is 6. The summed E-state index contributed by atoms with van der Waals surface area (Å²) in [6.45, 7) is 0.252. The standard InChI is InChI=1S/C13H14F6O2/c1-21-4-2-3-11(20)8-5-9(12(14,15)16)7-10(6-8)13(17,18)19/h5-7,11,20H,2-4H2,1H3. The summed E-state index contributed by atoms with van der Waals surface area (Å²) in [7, 11) is 1.40. The van der Waals surface area contributed by atoms with Gasteiger partial charge in [0.1, 0.15) is 0 Å². The van der Waals surface area contributed by atoms with Crippen molar-refractivity contribution in [3.63, 3.8) is 0 Å². The molecule has 0 aliphatic carbocycles. The smallest absolute Gasteiger partial charge is 0.388 e. The van der Waals surface area contributed by atoms with E-state index >= 15 is 0 Å². The van der Waals surface area contributed by atoms with E-state index in [1.165, 1.54) is 7.11 Å². The number of aliphatic hydroxyl groups excluding tert-OH is 1. The Balaban J connectivity index is 3.13. The first-order valence-electron chi connectivity index (χ1n) is 6.02. The molecule has 0 spiro atoms. The topological polar surface area (TPSA) is 29.5 Å². The number of benzene rings is 1. The molecule has 0 aromatic heterocycles. The summed E-state index contributed by atoms with van der Waals surface area (Å²) in [5, 5.41) is 9.74. The van der Waals surface area contributed by atoms with E-state index in [0.717, 1.165) is 0 Å². The highest BCUT2D eigenvalue weighted by Gasteiger charge is 2.37. The lowest BCUT2D eigenvalue weighted by Crippen LogP contribution is -2.13. The Morgan fingerprint density at radius 2 is 1.48 bits per heavy atom. The first kappa shape index (κ1) is 17.8. The van der Waals surface area contributed by atoms with Gasteiger partial charge in [0.15, 0.2) is 0 Å². The number of methoxy groups -OCH3 is 1. The number of aliphatic hydroxyl groups is 1. The molecular weight excluding hydrogens is 302 g/mol. The molecule has 1 atom stereocenters. The van der Waals surface area contributed by atoms with E-state index in [9.17, 15) is 31.4 Å². The van der Waals surface area contributed by atoms with Gasteiger partial charge < -0.3 is 9.84 Å². The first-order chi connectivity index (χ1) is 9.55. The second-order valence-electron chi connectivity index (χ2n) is 4.49. The van der Waals surface area contributed by atoms with Crippen LogP contribution in [-0.4, -0.2) is 18.8 Å². The molecule has 1 unspecified atom stereocenters. The zero-order chi connectivity index (χ0) is 16.3. The van der Waals surface area contributed by atoms with E-state index in [1.807, 2.05) is 0 Å². The van der Waals surface area contributed by atoms with Crippen molar-refractivity contribution in [1.29, 1.82) is 0 Å². The summed E-state index contributed by atoms with van der Waals surface area (Å²) in [4.78, 5) is 0. The number of alkyl halides is 6. The quantitative estimate of drug-likeness (QED) is 0.652. The highest BCUT2D eigenvalue weighted by atomic mass is 19.4. The van der Waals surface area contributed by atoms with Gasteiger partial charge in [-0.1, -0.05) is 0 Å². The molecule has 0 amide bonds. The van der Waals surface area contributed by atoms with Crippen LogP contribution in [-0.2, 0) is 17.1 Å². The van der Waals surface area contributed by atoms with Gasteiger partial charge in [0.25, 0.3) is 0 Å². The molecule has 0 fully saturated rings. The number of hydrogen-bond acceptors (Lipinski definition) is 2. The minimum absolute atomic E-state index is 0.00640. The molecule has 2 nitrogen and oxygen atoms in total. The van der Waals surface area contributed by atoms with Crippen LogP contribution in [0, 0.1) is 0 Å². The van der Waals surface area contributed by atoms with Crippen LogP contribution in [0.5, 0.6) is 0 Å². The van der Waals surface area contributed by atoms with Gasteiger partial charge in [-0.05, 0) is 36.6 Å². The molecule has 0 bridgehead atoms. The summed E-state index contributed by atoms with van der Waals surface area (Å²) >= 11 is 0. The number of ether oxygens (including phenoxy) is 1. The molecule has 0 radical (unpaired) electrons. The van der Waals surface area contributed by atoms with Crippen LogP contribution >= 0.6 is 0 Å². The molecule has 1 aromatic rings. The van der Waals surface area contributed by atoms with Crippen LogP contribution in [0.2, 0.25) is 0 Å². The minimum atomic E-state index is -4.91. The largest absolute Gasteiger partial charge is 0.416 e. The molecule has 120 valence electrons. The molecular formula is C13H14F6O2. The van der Waals surface area contributed by atoms with Crippen molar-refractivity contribution < 1.29 is 36.2 Å². The maximum atomic E-state index is 12.6. The Bertz CT molecular complexity index is 434. The zero-order valence-corrected chi connectivity index (χ0v) is 11.1. The van der Waals surface area contributed by atoms with Crippen molar-refractivity contribution in [2.75, 3.05) is 13.7 Å². The Morgan fingerprint density at radius 1 is 1.00 bits per heavy atom. The van der Waals surface area contributed by atoms with Gasteiger partial charge in [0, 0.05) is 13.7 Å². The zero-order valence-electron chi connectivity index (χ0n) is 11.1. The summed E-state index contributed by atoms with van der Waals surface area (Å²) in [6.07, 6.45) is -10.9. The third-order valence-corrected chi connectivity index (χ3v) is 2.82. The Labute approximate surface area is 117 Å². The molecule has 1 N–H and O–H groups in total. The van der Waals surface area contributed by atoms with Gasteiger partial charge in [-0.25, -0.2) is 0 Å². The summed E-state index contributed by atoms with van der Waals surface area (Å²) in [6, 6.07) is 1.10. The molecule has 0 heterocycles. The predicted octanol–water partition coefficient (Wildman–Crippen LogP) is 4.18. The van der Waals surface area contributed by atoms with Crippen molar-refractivity contribution in [3.8, 4) is 0 Å². The molecule has 8 heteroatoms. The lowest BCUT2D eigenvalue weighted by molar-refractivity contribution is -0.143. The molecule has 1 aromatic carbocycles. The SMILES string of the molecule is COCCCC(O)c1cc(C(F)(F)F)cc(C(F)(F)F)c1. The number of rotatable bonds is 5. The molecule has 0 saturated carbocycles. The van der Waals surface area contributed by atoms with Crippen molar-refractivity contribution in [2.24, 2.45) is 0 Å². The molecule has 1 rings (SSSR count). The second kappa shape index (κ2) is 6.65. The maximum absolute atomic E-state index is 12.6. The normalized spacial score (nSPS) is 14.3. The molecule has 0 aliphatic rings. The lowest BCUT2D eigenvalue weighted by Gasteiger charge is -2.17. The predicted molar refractivity (Wildman–Crippen MR) is 62.5 cm³/mol. The maximum Gasteiger partial charge on any atom is 0.416 e. The monoisotopic (exact) mass is 316 g/mol. The summed E-state index contributed by atoms with van der Waals surface area (Å²) < 4.78 is 80.5. The van der Waals surface area contributed by atoms with E-state index in [2.05, 4.69) is 0 Å². The summed E-state index contributed by atoms with van der Waals surface area (Å²) in [5.41, 5.74) is -3.27. The first-order valence-corrected chi connectivity index (χ1v) is 6.02. The van der Waals surface area contributed by atoms with Crippen molar-refractivity contribution in [3.05, 3.63) is 34.9 Å². The lowest BCUT2D eigenvalue weighted by atomic mass is 9.98. The third kappa shape index (κ3) is 5.20. The van der Waals surface area contributed by atoms with Gasteiger partial charge in [0.05, 0.1) is 17.2 Å². The Morgan fingerprint density at radius 3 is 1.86 bits per heavy atom. The molecule has 21 heavy (non-hydrogen) atoms. The Kier molecular flexibility index (Phi) is 5.63. The number of hydrogen-bond donors (Lipinski definition) is 1. The van der Waals surface area contributed by atoms with Crippen LogP contribution in [0.4, 0.5) is 26.3 Å². The molecule has 0 saturated heterocycles. The van der Waals surface area contributed by atoms with Crippen LogP contribution in [0.3, 0.4) is 0 Å². The van der Waals surface area contributed by atoms with Gasteiger partial charge in [-0.2, -0.15) is 26.3 Å². The second-order valence-corrected chi connectivity index (χ2v) is 4.49. The summed E-state index contributed by atoms with van der Waals surface area (Å²) in [5.74, 6) is 0. The average Bonchev–Trinajstić information content (AvgIpc) is 2.36. The van der Waals surface area contributed by atoms with E-state index < -0.39 is 35.1 Å². The fraction of sp³-hybridized carbons (Fsp3) is 0.538. The van der Waals surface area contributed by atoms with Crippen LogP contribution in [0.25, 0.3) is 0 Å². The van der Waals surface area contributed by atoms with E-state index in [0.29, 0.717) is 18.6 Å². The van der Waals surface area contributed by atoms with Crippen LogP contribution < -0.4 is 0 Å². The van der Waals surface area contributed by atoms with Gasteiger partial charge in [0.2, 0.25) is 0 Å². The highest BCUT2D eigenvalue weighted by molar-refractivity contribution is 5.34. The van der Waals surface area contributed by atoms with E-state index in [1.54, 1.807) is 0 Å². The third-order valence-electron chi connectivity index (χ3n) is 2.82. The van der Waals surface area contributed by atoms with E-state index in [4.69, 9.17) is 4.74 Å². The highest BCUT2D eigenvalue weighted by Crippen LogP contribution is 2.37. The fourth-order valence-electron chi connectivity index (χ4n) is 1.76. The minimum Gasteiger partial charge on any atom is -0.388 e. The van der Waals surface area contributed by atoms with Crippen molar-refractivity contribution in [1.82, 2.24) is 0 Å². The van der Waals surface area contributed by atoms with Gasteiger partial charge in [-0.15, -0.1) is 0 Å². The van der Waals surface area contributed by atoms with E-state index in [-0.39, 0.29) is 19.1 Å². The Hall–Kier alpha value is -1.28. The van der Waals surface area contributed by atoms with Crippen molar-refractivity contribution >= 4 is 0 Å². The van der Waals surface area contributed by atoms with Gasteiger partial charge in [-0.3, -0.25) is 0 Å². The van der Waals surface area contributed by atoms with Crippen molar-refractivity contribution in [2.45, 2.75) is 31.3 Å². The molecule has 0 aliphatic heterocycles. The average molecular weight is 316 g/mol. The fourth-order valence-corrected chi connectivity index (χ4v) is 1.76. The van der Waals surface area contributed by atoms with Crippen LogP contribution in [0.15, 0.2) is 18.2 Å². The van der Waals surface area contributed by atoms with Crippen LogP contribution in [0.1, 0.15) is 35.6 Å². The van der Waals surface area contributed by atoms with Gasteiger partial charge >= 0.3 is 12.4 Å².